The van der Waals surface area contributed by atoms with Gasteiger partial charge < -0.3 is 9.47 Å². The van der Waals surface area contributed by atoms with Crippen LogP contribution in [0.25, 0.3) is 0 Å². The van der Waals surface area contributed by atoms with Gasteiger partial charge in [-0.2, -0.15) is 13.2 Å². The van der Waals surface area contributed by atoms with E-state index in [9.17, 15) is 22.8 Å². The van der Waals surface area contributed by atoms with Gasteiger partial charge in [0.1, 0.15) is 0 Å². The number of hydrogen-bond donors (Lipinski definition) is 0. The molecule has 0 aromatic carbocycles. The molecule has 2 rings (SSSR count). The lowest BCUT2D eigenvalue weighted by Gasteiger charge is -2.32. The Balaban J connectivity index is 0.000000705. The van der Waals surface area contributed by atoms with Gasteiger partial charge in [-0.1, -0.05) is 0 Å². The van der Waals surface area contributed by atoms with E-state index in [-0.39, 0.29) is 24.0 Å². The number of aromatic nitrogens is 1. The van der Waals surface area contributed by atoms with Gasteiger partial charge in [0.25, 0.3) is 5.56 Å². The molecule has 1 aliphatic heterocycles. The number of carbonyl (C=O) groups is 1. The lowest BCUT2D eigenvalue weighted by Crippen LogP contribution is -2.41. The normalized spacial score (nSPS) is 15.6. The molecule has 2 heterocycles. The minimum absolute atomic E-state index is 0.0910. The monoisotopic (exact) mass is 356 g/mol. The molecule has 7 heteroatoms. The van der Waals surface area contributed by atoms with Crippen LogP contribution in [0.15, 0.2) is 23.1 Å². The minimum atomic E-state index is -4.11. The SMILES string of the molecule is CC#CC.O=Cc1cccn(CCN2CCC(C(F)(F)F)CC2)c1=O. The van der Waals surface area contributed by atoms with Crippen LogP contribution in [-0.2, 0) is 6.54 Å². The summed E-state index contributed by atoms with van der Waals surface area (Å²) >= 11 is 0. The maximum atomic E-state index is 12.6. The molecule has 0 aliphatic carbocycles. The Morgan fingerprint density at radius 3 is 2.28 bits per heavy atom. The lowest BCUT2D eigenvalue weighted by molar-refractivity contribution is -0.185. The van der Waals surface area contributed by atoms with Crippen molar-refractivity contribution in [2.24, 2.45) is 5.92 Å². The van der Waals surface area contributed by atoms with Crippen LogP contribution in [0.4, 0.5) is 13.2 Å². The van der Waals surface area contributed by atoms with E-state index < -0.39 is 12.1 Å². The maximum Gasteiger partial charge on any atom is 0.391 e. The van der Waals surface area contributed by atoms with Gasteiger partial charge in [-0.15, -0.1) is 11.8 Å². The first-order valence-electron chi connectivity index (χ1n) is 8.10. The van der Waals surface area contributed by atoms with Crippen LogP contribution in [-0.4, -0.2) is 41.6 Å². The van der Waals surface area contributed by atoms with Crippen molar-refractivity contribution in [3.05, 3.63) is 34.2 Å². The number of halogens is 3. The van der Waals surface area contributed by atoms with Crippen LogP contribution >= 0.6 is 0 Å². The Labute approximate surface area is 145 Å². The number of carbonyl (C=O) groups excluding carboxylic acids is 1. The molecule has 1 fully saturated rings. The van der Waals surface area contributed by atoms with E-state index >= 15 is 0 Å². The third kappa shape index (κ3) is 6.75. The first-order valence-corrected chi connectivity index (χ1v) is 8.10. The molecule has 0 atom stereocenters. The summed E-state index contributed by atoms with van der Waals surface area (Å²) in [5.41, 5.74) is -0.272. The fourth-order valence-electron chi connectivity index (χ4n) is 2.55. The topological polar surface area (TPSA) is 42.3 Å². The fraction of sp³-hybridized carbons (Fsp3) is 0.556. The zero-order valence-corrected chi connectivity index (χ0v) is 14.5. The van der Waals surface area contributed by atoms with Crippen LogP contribution in [0.5, 0.6) is 0 Å². The summed E-state index contributed by atoms with van der Waals surface area (Å²) in [5, 5.41) is 0. The van der Waals surface area contributed by atoms with Crippen molar-refractivity contribution in [3.8, 4) is 11.8 Å². The summed E-state index contributed by atoms with van der Waals surface area (Å²) < 4.78 is 39.1. The fourth-order valence-corrected chi connectivity index (χ4v) is 2.55. The molecule has 1 saturated heterocycles. The molecule has 138 valence electrons. The molecule has 0 saturated carbocycles. The van der Waals surface area contributed by atoms with Gasteiger partial charge in [0, 0.05) is 19.3 Å². The van der Waals surface area contributed by atoms with Crippen LogP contribution in [0.1, 0.15) is 37.0 Å². The van der Waals surface area contributed by atoms with Gasteiger partial charge in [-0.3, -0.25) is 9.59 Å². The number of hydrogen-bond acceptors (Lipinski definition) is 3. The summed E-state index contributed by atoms with van der Waals surface area (Å²) in [7, 11) is 0. The Morgan fingerprint density at radius 1 is 1.20 bits per heavy atom. The van der Waals surface area contributed by atoms with Crippen LogP contribution < -0.4 is 5.56 Å². The largest absolute Gasteiger partial charge is 0.391 e. The molecule has 4 nitrogen and oxygen atoms in total. The van der Waals surface area contributed by atoms with E-state index in [1.54, 1.807) is 12.3 Å². The summed E-state index contributed by atoms with van der Waals surface area (Å²) in [6.07, 6.45) is -1.81. The molecule has 0 radical (unpaired) electrons. The molecule has 25 heavy (non-hydrogen) atoms. The average molecular weight is 356 g/mol. The van der Waals surface area contributed by atoms with Crippen LogP contribution in [0.3, 0.4) is 0 Å². The number of nitrogens with zero attached hydrogens (tertiary/aromatic N) is 2. The standard InChI is InChI=1S/C14H17F3N2O2.C4H6/c15-14(16,17)12-3-6-18(7-4-12)8-9-19-5-1-2-11(10-20)13(19)21;1-3-4-2/h1-2,5,10,12H,3-4,6-9H2;1-2H3. The molecular weight excluding hydrogens is 333 g/mol. The predicted molar refractivity (Wildman–Crippen MR) is 90.4 cm³/mol. The molecule has 0 amide bonds. The summed E-state index contributed by atoms with van der Waals surface area (Å²) in [6, 6.07) is 3.06. The first-order chi connectivity index (χ1) is 11.8. The number of alkyl halides is 3. The Morgan fingerprint density at radius 2 is 1.80 bits per heavy atom. The Hall–Kier alpha value is -2.07. The average Bonchev–Trinajstić information content (AvgIpc) is 2.60. The van der Waals surface area contributed by atoms with Crippen molar-refractivity contribution in [1.82, 2.24) is 9.47 Å². The molecule has 0 spiro atoms. The minimum Gasteiger partial charge on any atom is -0.314 e. The van der Waals surface area contributed by atoms with Crippen LogP contribution in [0.2, 0.25) is 0 Å². The number of likely N-dealkylation sites (tertiary alicyclic amines) is 1. The zero-order chi connectivity index (χ0) is 18.9. The summed E-state index contributed by atoms with van der Waals surface area (Å²) in [5.74, 6) is 4.15. The smallest absolute Gasteiger partial charge is 0.314 e. The second kappa shape index (κ2) is 10.0. The maximum absolute atomic E-state index is 12.6. The number of pyridine rings is 1. The van der Waals surface area contributed by atoms with E-state index in [0.717, 1.165) is 0 Å². The highest BCUT2D eigenvalue weighted by Crippen LogP contribution is 2.33. The van der Waals surface area contributed by atoms with Gasteiger partial charge >= 0.3 is 6.18 Å². The lowest BCUT2D eigenvalue weighted by atomic mass is 9.96. The molecule has 0 N–H and O–H groups in total. The molecule has 1 aliphatic rings. The molecular formula is C18H23F3N2O2. The Kier molecular flexibility index (Phi) is 8.42. The van der Waals surface area contributed by atoms with Crippen molar-refractivity contribution in [2.45, 2.75) is 39.4 Å². The van der Waals surface area contributed by atoms with Crippen molar-refractivity contribution >= 4 is 6.29 Å². The van der Waals surface area contributed by atoms with Crippen molar-refractivity contribution in [2.75, 3.05) is 19.6 Å². The van der Waals surface area contributed by atoms with Crippen LogP contribution in [0, 0.1) is 17.8 Å². The highest BCUT2D eigenvalue weighted by atomic mass is 19.4. The van der Waals surface area contributed by atoms with E-state index in [2.05, 4.69) is 11.8 Å². The molecule has 0 unspecified atom stereocenters. The second-order valence-corrected chi connectivity index (χ2v) is 5.74. The molecule has 1 aromatic rings. The third-order valence-electron chi connectivity index (χ3n) is 4.13. The third-order valence-corrected chi connectivity index (χ3v) is 4.13. The molecule has 0 bridgehead atoms. The van der Waals surface area contributed by atoms with E-state index in [1.807, 2.05) is 18.7 Å². The van der Waals surface area contributed by atoms with E-state index in [4.69, 9.17) is 0 Å². The highest BCUT2D eigenvalue weighted by molar-refractivity contribution is 5.73. The van der Waals surface area contributed by atoms with E-state index in [1.165, 1.54) is 10.6 Å². The summed E-state index contributed by atoms with van der Waals surface area (Å²) in [6.45, 7) is 5.28. The van der Waals surface area contributed by atoms with Gasteiger partial charge in [0.05, 0.1) is 11.5 Å². The first kappa shape index (κ1) is 21.0. The highest BCUT2D eigenvalue weighted by Gasteiger charge is 2.40. The molecule has 1 aromatic heterocycles. The number of rotatable bonds is 4. The zero-order valence-electron chi connectivity index (χ0n) is 14.5. The van der Waals surface area contributed by atoms with Crippen molar-refractivity contribution in [3.63, 3.8) is 0 Å². The quantitative estimate of drug-likeness (QED) is 0.615. The summed E-state index contributed by atoms with van der Waals surface area (Å²) in [4.78, 5) is 24.4. The Bertz CT molecular complexity index is 657. The van der Waals surface area contributed by atoms with Crippen molar-refractivity contribution < 1.29 is 18.0 Å². The van der Waals surface area contributed by atoms with Gasteiger partial charge in [-0.05, 0) is 51.9 Å². The van der Waals surface area contributed by atoms with Gasteiger partial charge in [-0.25, -0.2) is 0 Å². The van der Waals surface area contributed by atoms with Gasteiger partial charge in [0.2, 0.25) is 0 Å². The van der Waals surface area contributed by atoms with E-state index in [0.29, 0.717) is 32.5 Å². The number of aldehydes is 1. The van der Waals surface area contributed by atoms with Crippen molar-refractivity contribution in [1.29, 1.82) is 0 Å². The predicted octanol–water partition coefficient (Wildman–Crippen LogP) is 2.96. The van der Waals surface area contributed by atoms with Gasteiger partial charge in [0.15, 0.2) is 6.29 Å². The number of piperidine rings is 1. The second-order valence-electron chi connectivity index (χ2n) is 5.74.